The number of carbonyl (C=O) groups is 1. The van der Waals surface area contributed by atoms with Crippen LogP contribution in [0.4, 0.5) is 5.69 Å². The number of rotatable bonds is 6. The molecule has 0 aromatic heterocycles. The SMILES string of the molecule is CCS(=O)(=O)c1ccc(NC(=O)COc2cccc(C)c2)cc1. The van der Waals surface area contributed by atoms with Crippen LogP contribution >= 0.6 is 0 Å². The van der Waals surface area contributed by atoms with E-state index in [2.05, 4.69) is 5.32 Å². The fourth-order valence-electron chi connectivity index (χ4n) is 1.96. The Hall–Kier alpha value is -2.34. The molecule has 2 rings (SSSR count). The van der Waals surface area contributed by atoms with Crippen LogP contribution in [-0.4, -0.2) is 26.7 Å². The maximum Gasteiger partial charge on any atom is 0.262 e. The molecule has 5 nitrogen and oxygen atoms in total. The molecule has 0 atom stereocenters. The Morgan fingerprint density at radius 2 is 1.83 bits per heavy atom. The van der Waals surface area contributed by atoms with Gasteiger partial charge in [0, 0.05) is 5.69 Å². The van der Waals surface area contributed by atoms with Crippen LogP contribution in [0.2, 0.25) is 0 Å². The molecule has 0 aliphatic carbocycles. The van der Waals surface area contributed by atoms with E-state index in [-0.39, 0.29) is 23.2 Å². The van der Waals surface area contributed by atoms with Crippen LogP contribution in [0.5, 0.6) is 5.75 Å². The average Bonchev–Trinajstić information content (AvgIpc) is 2.53. The van der Waals surface area contributed by atoms with Gasteiger partial charge in [-0.1, -0.05) is 19.1 Å². The highest BCUT2D eigenvalue weighted by atomic mass is 32.2. The first-order valence-corrected chi connectivity index (χ1v) is 8.88. The van der Waals surface area contributed by atoms with E-state index in [9.17, 15) is 13.2 Å². The first-order chi connectivity index (χ1) is 10.9. The Morgan fingerprint density at radius 3 is 2.43 bits per heavy atom. The van der Waals surface area contributed by atoms with Gasteiger partial charge in [-0.25, -0.2) is 8.42 Å². The predicted molar refractivity (Wildman–Crippen MR) is 89.5 cm³/mol. The summed E-state index contributed by atoms with van der Waals surface area (Å²) in [7, 11) is -3.23. The average molecular weight is 333 g/mol. The topological polar surface area (TPSA) is 72.5 Å². The third-order valence-corrected chi connectivity index (χ3v) is 4.99. The fraction of sp³-hybridized carbons (Fsp3) is 0.235. The Bertz CT molecular complexity index is 782. The minimum atomic E-state index is -3.23. The van der Waals surface area contributed by atoms with Gasteiger partial charge in [0.15, 0.2) is 16.4 Å². The number of amides is 1. The van der Waals surface area contributed by atoms with Gasteiger partial charge in [-0.15, -0.1) is 0 Å². The maximum absolute atomic E-state index is 11.9. The number of ether oxygens (including phenoxy) is 1. The van der Waals surface area contributed by atoms with Crippen molar-refractivity contribution in [3.63, 3.8) is 0 Å². The molecule has 6 heteroatoms. The van der Waals surface area contributed by atoms with Crippen molar-refractivity contribution in [2.75, 3.05) is 17.7 Å². The van der Waals surface area contributed by atoms with Crippen molar-refractivity contribution in [2.45, 2.75) is 18.7 Å². The lowest BCUT2D eigenvalue weighted by atomic mass is 10.2. The molecule has 0 unspecified atom stereocenters. The minimum absolute atomic E-state index is 0.0447. The number of carbonyl (C=O) groups excluding carboxylic acids is 1. The highest BCUT2D eigenvalue weighted by molar-refractivity contribution is 7.91. The molecule has 0 aliphatic heterocycles. The standard InChI is InChI=1S/C17H19NO4S/c1-3-23(20,21)16-9-7-14(8-10-16)18-17(19)12-22-15-6-4-5-13(2)11-15/h4-11H,3,12H2,1-2H3,(H,18,19). The first kappa shape index (κ1) is 17.0. The predicted octanol–water partition coefficient (Wildman–Crippen LogP) is 2.81. The summed E-state index contributed by atoms with van der Waals surface area (Å²) in [6.07, 6.45) is 0. The zero-order valence-corrected chi connectivity index (χ0v) is 13.9. The van der Waals surface area contributed by atoms with E-state index in [1.54, 1.807) is 25.1 Å². The van der Waals surface area contributed by atoms with Gasteiger partial charge in [0.2, 0.25) is 0 Å². The largest absolute Gasteiger partial charge is 0.484 e. The molecular weight excluding hydrogens is 314 g/mol. The van der Waals surface area contributed by atoms with Crippen LogP contribution in [0.25, 0.3) is 0 Å². The third kappa shape index (κ3) is 4.82. The number of nitrogens with one attached hydrogen (secondary N) is 1. The van der Waals surface area contributed by atoms with Gasteiger partial charge in [0.05, 0.1) is 10.6 Å². The molecule has 0 saturated heterocycles. The minimum Gasteiger partial charge on any atom is -0.484 e. The Kier molecular flexibility index (Phi) is 5.39. The maximum atomic E-state index is 11.9. The van der Waals surface area contributed by atoms with Gasteiger partial charge in [0.1, 0.15) is 5.75 Å². The lowest BCUT2D eigenvalue weighted by Crippen LogP contribution is -2.20. The van der Waals surface area contributed by atoms with Crippen LogP contribution in [0.3, 0.4) is 0 Å². The van der Waals surface area contributed by atoms with Gasteiger partial charge in [0.25, 0.3) is 5.91 Å². The lowest BCUT2D eigenvalue weighted by Gasteiger charge is -2.08. The zero-order chi connectivity index (χ0) is 16.9. The molecule has 0 fully saturated rings. The number of hydrogen-bond donors (Lipinski definition) is 1. The summed E-state index contributed by atoms with van der Waals surface area (Å²) in [5.74, 6) is 0.366. The summed E-state index contributed by atoms with van der Waals surface area (Å²) in [6.45, 7) is 3.42. The molecule has 0 spiro atoms. The van der Waals surface area contributed by atoms with E-state index in [1.807, 2.05) is 25.1 Å². The summed E-state index contributed by atoms with van der Waals surface area (Å²) >= 11 is 0. The van der Waals surface area contributed by atoms with E-state index in [4.69, 9.17) is 4.74 Å². The Balaban J connectivity index is 1.93. The Labute approximate surface area is 136 Å². The zero-order valence-electron chi connectivity index (χ0n) is 13.1. The Morgan fingerprint density at radius 1 is 1.13 bits per heavy atom. The van der Waals surface area contributed by atoms with Crippen molar-refractivity contribution in [1.82, 2.24) is 0 Å². The van der Waals surface area contributed by atoms with Crippen molar-refractivity contribution in [3.05, 3.63) is 54.1 Å². The number of sulfone groups is 1. The summed E-state index contributed by atoms with van der Waals surface area (Å²) in [6, 6.07) is 13.5. The molecule has 2 aromatic rings. The highest BCUT2D eigenvalue weighted by Crippen LogP contribution is 2.16. The van der Waals surface area contributed by atoms with Gasteiger partial charge >= 0.3 is 0 Å². The van der Waals surface area contributed by atoms with Crippen molar-refractivity contribution in [2.24, 2.45) is 0 Å². The van der Waals surface area contributed by atoms with E-state index in [0.29, 0.717) is 11.4 Å². The van der Waals surface area contributed by atoms with Crippen LogP contribution in [0, 0.1) is 6.92 Å². The van der Waals surface area contributed by atoms with E-state index >= 15 is 0 Å². The number of hydrogen-bond acceptors (Lipinski definition) is 4. The molecule has 0 heterocycles. The van der Waals surface area contributed by atoms with Crippen LogP contribution in [0.1, 0.15) is 12.5 Å². The summed E-state index contributed by atoms with van der Waals surface area (Å²) in [4.78, 5) is 12.1. The normalized spacial score (nSPS) is 11.0. The molecule has 0 aliphatic rings. The van der Waals surface area contributed by atoms with Crippen LogP contribution in [-0.2, 0) is 14.6 Å². The quantitative estimate of drug-likeness (QED) is 0.882. The first-order valence-electron chi connectivity index (χ1n) is 7.23. The van der Waals surface area contributed by atoms with E-state index in [1.165, 1.54) is 12.1 Å². The van der Waals surface area contributed by atoms with Crippen molar-refractivity contribution in [1.29, 1.82) is 0 Å². The van der Waals surface area contributed by atoms with E-state index < -0.39 is 9.84 Å². The van der Waals surface area contributed by atoms with Crippen LogP contribution in [0.15, 0.2) is 53.4 Å². The second-order valence-electron chi connectivity index (χ2n) is 5.08. The van der Waals surface area contributed by atoms with Crippen molar-refractivity contribution >= 4 is 21.4 Å². The molecule has 0 bridgehead atoms. The molecular formula is C17H19NO4S. The fourth-order valence-corrected chi connectivity index (χ4v) is 2.85. The highest BCUT2D eigenvalue weighted by Gasteiger charge is 2.11. The summed E-state index contributed by atoms with van der Waals surface area (Å²) in [5.41, 5.74) is 1.58. The molecule has 0 radical (unpaired) electrons. The number of anilines is 1. The van der Waals surface area contributed by atoms with Crippen molar-refractivity contribution < 1.29 is 17.9 Å². The number of aryl methyl sites for hydroxylation is 1. The lowest BCUT2D eigenvalue weighted by molar-refractivity contribution is -0.118. The number of benzene rings is 2. The summed E-state index contributed by atoms with van der Waals surface area (Å²) in [5, 5.41) is 2.66. The van der Waals surface area contributed by atoms with Gasteiger partial charge < -0.3 is 10.1 Å². The monoisotopic (exact) mass is 333 g/mol. The molecule has 1 amide bonds. The second kappa shape index (κ2) is 7.28. The van der Waals surface area contributed by atoms with Gasteiger partial charge in [-0.2, -0.15) is 0 Å². The smallest absolute Gasteiger partial charge is 0.262 e. The summed E-state index contributed by atoms with van der Waals surface area (Å²) < 4.78 is 28.8. The van der Waals surface area contributed by atoms with Crippen molar-refractivity contribution in [3.8, 4) is 5.75 Å². The molecule has 1 N–H and O–H groups in total. The molecule has 2 aromatic carbocycles. The molecule has 0 saturated carbocycles. The second-order valence-corrected chi connectivity index (χ2v) is 7.36. The van der Waals surface area contributed by atoms with E-state index in [0.717, 1.165) is 5.56 Å². The van der Waals surface area contributed by atoms with Gasteiger partial charge in [-0.3, -0.25) is 4.79 Å². The molecule has 23 heavy (non-hydrogen) atoms. The van der Waals surface area contributed by atoms with Gasteiger partial charge in [-0.05, 0) is 48.9 Å². The third-order valence-electron chi connectivity index (χ3n) is 3.24. The van der Waals surface area contributed by atoms with Crippen LogP contribution < -0.4 is 10.1 Å². The molecule has 122 valence electrons.